The largest absolute Gasteiger partial charge is 0.389 e. The lowest BCUT2D eigenvalue weighted by molar-refractivity contribution is 0.666. The standard InChI is InChI=1S/C11H22N2/c1-6-12-10(4)7-11(5)13-8-9(2)3/h7,9,12H,6,8H2,1-5H3/b10-7-,13-11?. The van der Waals surface area contributed by atoms with Crippen LogP contribution in [0, 0.1) is 5.92 Å². The van der Waals surface area contributed by atoms with E-state index in [0.29, 0.717) is 5.92 Å². The molecule has 0 aliphatic heterocycles. The van der Waals surface area contributed by atoms with Crippen molar-refractivity contribution in [3.8, 4) is 0 Å². The Morgan fingerprint density at radius 2 is 2.00 bits per heavy atom. The second kappa shape index (κ2) is 6.70. The second-order valence-electron chi connectivity index (χ2n) is 3.73. The van der Waals surface area contributed by atoms with Crippen molar-refractivity contribution in [1.82, 2.24) is 5.32 Å². The van der Waals surface area contributed by atoms with Gasteiger partial charge in [0.05, 0.1) is 0 Å². The summed E-state index contributed by atoms with van der Waals surface area (Å²) in [5.41, 5.74) is 2.29. The van der Waals surface area contributed by atoms with Gasteiger partial charge in [-0.05, 0) is 32.8 Å². The molecule has 0 unspecified atom stereocenters. The fourth-order valence-electron chi connectivity index (χ4n) is 1.02. The summed E-state index contributed by atoms with van der Waals surface area (Å²) in [4.78, 5) is 4.45. The lowest BCUT2D eigenvalue weighted by Crippen LogP contribution is -2.10. The Hall–Kier alpha value is -0.790. The van der Waals surface area contributed by atoms with Crippen LogP contribution in [0.15, 0.2) is 16.8 Å². The van der Waals surface area contributed by atoms with E-state index in [2.05, 4.69) is 44.1 Å². The van der Waals surface area contributed by atoms with E-state index in [4.69, 9.17) is 0 Å². The van der Waals surface area contributed by atoms with Crippen molar-refractivity contribution in [1.29, 1.82) is 0 Å². The summed E-state index contributed by atoms with van der Waals surface area (Å²) in [6.45, 7) is 12.5. The molecule has 0 spiro atoms. The molecule has 2 heteroatoms. The fraction of sp³-hybridized carbons (Fsp3) is 0.727. The lowest BCUT2D eigenvalue weighted by Gasteiger charge is -2.03. The van der Waals surface area contributed by atoms with Crippen LogP contribution >= 0.6 is 0 Å². The van der Waals surface area contributed by atoms with E-state index in [-0.39, 0.29) is 0 Å². The Morgan fingerprint density at radius 1 is 1.38 bits per heavy atom. The molecule has 13 heavy (non-hydrogen) atoms. The number of hydrogen-bond acceptors (Lipinski definition) is 2. The summed E-state index contributed by atoms with van der Waals surface area (Å²) in [5.74, 6) is 0.641. The van der Waals surface area contributed by atoms with Crippen molar-refractivity contribution in [2.75, 3.05) is 13.1 Å². The number of nitrogens with zero attached hydrogens (tertiary/aromatic N) is 1. The maximum Gasteiger partial charge on any atom is 0.0415 e. The maximum absolute atomic E-state index is 4.45. The van der Waals surface area contributed by atoms with E-state index in [1.165, 1.54) is 5.70 Å². The van der Waals surface area contributed by atoms with Gasteiger partial charge in [-0.3, -0.25) is 4.99 Å². The highest BCUT2D eigenvalue weighted by atomic mass is 14.9. The smallest absolute Gasteiger partial charge is 0.0415 e. The lowest BCUT2D eigenvalue weighted by atomic mass is 10.2. The predicted molar refractivity (Wildman–Crippen MR) is 60.2 cm³/mol. The van der Waals surface area contributed by atoms with E-state index >= 15 is 0 Å². The Morgan fingerprint density at radius 3 is 2.46 bits per heavy atom. The third-order valence-corrected chi connectivity index (χ3v) is 1.59. The highest BCUT2D eigenvalue weighted by Crippen LogP contribution is 1.94. The van der Waals surface area contributed by atoms with Crippen LogP contribution in [-0.2, 0) is 0 Å². The van der Waals surface area contributed by atoms with Crippen LogP contribution in [0.4, 0.5) is 0 Å². The first kappa shape index (κ1) is 12.2. The molecular weight excluding hydrogens is 160 g/mol. The average Bonchev–Trinajstić information content (AvgIpc) is 2.01. The number of nitrogens with one attached hydrogen (secondary N) is 1. The van der Waals surface area contributed by atoms with Gasteiger partial charge in [0.2, 0.25) is 0 Å². The van der Waals surface area contributed by atoms with Crippen LogP contribution in [-0.4, -0.2) is 18.8 Å². The van der Waals surface area contributed by atoms with E-state index in [9.17, 15) is 0 Å². The molecule has 0 aromatic heterocycles. The van der Waals surface area contributed by atoms with Gasteiger partial charge in [0.15, 0.2) is 0 Å². The third-order valence-electron chi connectivity index (χ3n) is 1.59. The van der Waals surface area contributed by atoms with Crippen LogP contribution in [0.3, 0.4) is 0 Å². The summed E-state index contributed by atoms with van der Waals surface area (Å²) in [5, 5.41) is 3.24. The Balaban J connectivity index is 4.02. The monoisotopic (exact) mass is 182 g/mol. The number of hydrogen-bond donors (Lipinski definition) is 1. The van der Waals surface area contributed by atoms with Crippen molar-refractivity contribution in [2.24, 2.45) is 10.9 Å². The minimum Gasteiger partial charge on any atom is -0.389 e. The van der Waals surface area contributed by atoms with Crippen molar-refractivity contribution in [2.45, 2.75) is 34.6 Å². The van der Waals surface area contributed by atoms with Gasteiger partial charge in [-0.15, -0.1) is 0 Å². The Kier molecular flexibility index (Phi) is 6.29. The van der Waals surface area contributed by atoms with E-state index < -0.39 is 0 Å². The summed E-state index contributed by atoms with van der Waals surface area (Å²) in [6, 6.07) is 0. The molecule has 0 rings (SSSR count). The molecule has 0 aliphatic carbocycles. The van der Waals surface area contributed by atoms with Crippen molar-refractivity contribution in [3.63, 3.8) is 0 Å². The van der Waals surface area contributed by atoms with Crippen LogP contribution in [0.2, 0.25) is 0 Å². The SMILES string of the molecule is CCN/C(C)=C\C(C)=NCC(C)C. The molecule has 0 atom stereocenters. The first-order valence-electron chi connectivity index (χ1n) is 4.99. The zero-order valence-corrected chi connectivity index (χ0v) is 9.52. The van der Waals surface area contributed by atoms with Crippen LogP contribution in [0.1, 0.15) is 34.6 Å². The highest BCUT2D eigenvalue weighted by Gasteiger charge is 1.91. The van der Waals surface area contributed by atoms with Gasteiger partial charge in [0.25, 0.3) is 0 Å². The fourth-order valence-corrected chi connectivity index (χ4v) is 1.02. The first-order chi connectivity index (χ1) is 6.06. The van der Waals surface area contributed by atoms with Gasteiger partial charge in [0.1, 0.15) is 0 Å². The van der Waals surface area contributed by atoms with E-state index in [0.717, 1.165) is 18.8 Å². The Bertz CT molecular complexity index is 190. The number of rotatable bonds is 5. The summed E-state index contributed by atoms with van der Waals surface area (Å²) < 4.78 is 0. The van der Waals surface area contributed by atoms with Gasteiger partial charge in [0, 0.05) is 24.5 Å². The van der Waals surface area contributed by atoms with Crippen LogP contribution in [0.25, 0.3) is 0 Å². The van der Waals surface area contributed by atoms with Gasteiger partial charge >= 0.3 is 0 Å². The van der Waals surface area contributed by atoms with E-state index in [1.54, 1.807) is 0 Å². The molecule has 1 N–H and O–H groups in total. The molecule has 76 valence electrons. The van der Waals surface area contributed by atoms with Crippen molar-refractivity contribution in [3.05, 3.63) is 11.8 Å². The van der Waals surface area contributed by atoms with Crippen molar-refractivity contribution >= 4 is 5.71 Å². The first-order valence-corrected chi connectivity index (χ1v) is 4.99. The quantitative estimate of drug-likeness (QED) is 0.649. The zero-order valence-electron chi connectivity index (χ0n) is 9.52. The summed E-state index contributed by atoms with van der Waals surface area (Å²) in [7, 11) is 0. The molecule has 0 aliphatic rings. The molecular formula is C11H22N2. The van der Waals surface area contributed by atoms with Gasteiger partial charge in [-0.1, -0.05) is 13.8 Å². The third kappa shape index (κ3) is 7.57. The molecule has 2 nitrogen and oxygen atoms in total. The molecule has 0 bridgehead atoms. The predicted octanol–water partition coefficient (Wildman–Crippen LogP) is 2.62. The number of allylic oxidation sites excluding steroid dienone is 2. The molecule has 0 amide bonds. The van der Waals surface area contributed by atoms with Crippen LogP contribution in [0.5, 0.6) is 0 Å². The Labute approximate surface area is 82.1 Å². The molecule has 0 aromatic rings. The molecule has 0 saturated heterocycles. The second-order valence-corrected chi connectivity index (χ2v) is 3.73. The molecule has 0 aromatic carbocycles. The van der Waals surface area contributed by atoms with Crippen molar-refractivity contribution < 1.29 is 0 Å². The van der Waals surface area contributed by atoms with Gasteiger partial charge in [-0.25, -0.2) is 0 Å². The summed E-state index contributed by atoms with van der Waals surface area (Å²) >= 11 is 0. The topological polar surface area (TPSA) is 24.4 Å². The van der Waals surface area contributed by atoms with Gasteiger partial charge < -0.3 is 5.32 Å². The summed E-state index contributed by atoms with van der Waals surface area (Å²) in [6.07, 6.45) is 2.09. The maximum atomic E-state index is 4.45. The zero-order chi connectivity index (χ0) is 10.3. The van der Waals surface area contributed by atoms with Crippen LogP contribution < -0.4 is 5.32 Å². The minimum atomic E-state index is 0.641. The molecule has 0 fully saturated rings. The minimum absolute atomic E-state index is 0.641. The van der Waals surface area contributed by atoms with Gasteiger partial charge in [-0.2, -0.15) is 0 Å². The molecule has 0 heterocycles. The molecule has 0 radical (unpaired) electrons. The molecule has 0 saturated carbocycles. The van der Waals surface area contributed by atoms with E-state index in [1.807, 2.05) is 6.92 Å². The average molecular weight is 182 g/mol. The number of aliphatic imine (C=N–C) groups is 1. The normalized spacial score (nSPS) is 13.7. The highest BCUT2D eigenvalue weighted by molar-refractivity contribution is 5.93.